The lowest BCUT2D eigenvalue weighted by molar-refractivity contribution is 0.0943. The predicted molar refractivity (Wildman–Crippen MR) is 118 cm³/mol. The molecule has 152 valence electrons. The van der Waals surface area contributed by atoms with Gasteiger partial charge in [0.05, 0.1) is 17.5 Å². The van der Waals surface area contributed by atoms with Crippen molar-refractivity contribution in [3.8, 4) is 5.75 Å². The lowest BCUT2D eigenvalue weighted by Gasteiger charge is -2.08. The molecule has 0 spiro atoms. The number of aromatic amines is 1. The second-order valence-electron chi connectivity index (χ2n) is 6.93. The summed E-state index contributed by atoms with van der Waals surface area (Å²) in [7, 11) is 1.61. The Hall–Kier alpha value is -3.25. The average molecular weight is 421 g/mol. The molecule has 0 unspecified atom stereocenters. The average Bonchev–Trinajstić information content (AvgIpc) is 3.12. The molecule has 0 aliphatic carbocycles. The molecule has 30 heavy (non-hydrogen) atoms. The number of fused-ring (bicyclic) bond motifs is 1. The fourth-order valence-electron chi connectivity index (χ4n) is 3.17. The second-order valence-corrected chi connectivity index (χ2v) is 8.01. The van der Waals surface area contributed by atoms with Crippen LogP contribution < -0.4 is 10.1 Å². The number of aromatic nitrogens is 1. The summed E-state index contributed by atoms with van der Waals surface area (Å²) in [6.45, 7) is 2.15. The first kappa shape index (κ1) is 20.0. The number of amides is 1. The highest BCUT2D eigenvalue weighted by Crippen LogP contribution is 2.38. The van der Waals surface area contributed by atoms with Gasteiger partial charge in [-0.1, -0.05) is 47.7 Å². The van der Waals surface area contributed by atoms with Gasteiger partial charge in [0.15, 0.2) is 0 Å². The Kier molecular flexibility index (Phi) is 5.77. The van der Waals surface area contributed by atoms with Crippen molar-refractivity contribution < 1.29 is 13.9 Å². The molecular formula is C24H21FN2O2S. The van der Waals surface area contributed by atoms with E-state index in [9.17, 15) is 9.18 Å². The Bertz CT molecular complexity index is 1200. The minimum atomic E-state index is -0.339. The molecule has 0 saturated heterocycles. The van der Waals surface area contributed by atoms with Crippen molar-refractivity contribution in [3.63, 3.8) is 0 Å². The van der Waals surface area contributed by atoms with Crippen LogP contribution in [-0.4, -0.2) is 18.0 Å². The van der Waals surface area contributed by atoms with Gasteiger partial charge >= 0.3 is 0 Å². The van der Waals surface area contributed by atoms with Crippen LogP contribution in [0.4, 0.5) is 4.39 Å². The molecule has 4 rings (SSSR count). The maximum atomic E-state index is 13.9. The molecule has 4 nitrogen and oxygen atoms in total. The fraction of sp³-hybridized carbons (Fsp3) is 0.125. The van der Waals surface area contributed by atoms with Crippen LogP contribution in [0, 0.1) is 12.7 Å². The van der Waals surface area contributed by atoms with E-state index in [0.29, 0.717) is 17.0 Å². The number of aryl methyl sites for hydroxylation is 1. The molecular weight excluding hydrogens is 399 g/mol. The molecule has 0 fully saturated rings. The molecule has 1 amide bonds. The third-order valence-electron chi connectivity index (χ3n) is 4.82. The summed E-state index contributed by atoms with van der Waals surface area (Å²) < 4.78 is 19.2. The van der Waals surface area contributed by atoms with E-state index < -0.39 is 0 Å². The van der Waals surface area contributed by atoms with Crippen LogP contribution in [0.2, 0.25) is 0 Å². The fourth-order valence-corrected chi connectivity index (χ4v) is 4.22. The van der Waals surface area contributed by atoms with E-state index in [1.165, 1.54) is 23.4 Å². The molecule has 2 N–H and O–H groups in total. The van der Waals surface area contributed by atoms with Gasteiger partial charge in [-0.15, -0.1) is 0 Å². The van der Waals surface area contributed by atoms with Crippen LogP contribution in [0.25, 0.3) is 10.9 Å². The lowest BCUT2D eigenvalue weighted by Crippen LogP contribution is -2.24. The van der Waals surface area contributed by atoms with E-state index in [-0.39, 0.29) is 18.3 Å². The van der Waals surface area contributed by atoms with Crippen LogP contribution in [0.3, 0.4) is 0 Å². The Morgan fingerprint density at radius 3 is 2.60 bits per heavy atom. The minimum Gasteiger partial charge on any atom is -0.497 e. The minimum absolute atomic E-state index is 0.110. The maximum absolute atomic E-state index is 13.9. The SMILES string of the molecule is COc1ccc2c(Sc3ccc(C)cc3)c(C(=O)NCc3ccccc3F)[nH]c2c1. The Morgan fingerprint density at radius 1 is 1.10 bits per heavy atom. The van der Waals surface area contributed by atoms with Gasteiger partial charge in [0.25, 0.3) is 5.91 Å². The molecule has 0 aliphatic rings. The number of carbonyl (C=O) groups excluding carboxylic acids is 1. The van der Waals surface area contributed by atoms with Gasteiger partial charge in [0.1, 0.15) is 17.3 Å². The topological polar surface area (TPSA) is 54.1 Å². The highest BCUT2D eigenvalue weighted by Gasteiger charge is 2.19. The summed E-state index contributed by atoms with van der Waals surface area (Å²) in [6.07, 6.45) is 0. The van der Waals surface area contributed by atoms with E-state index in [1.807, 2.05) is 49.4 Å². The third kappa shape index (κ3) is 4.19. The number of rotatable bonds is 6. The predicted octanol–water partition coefficient (Wildman–Crippen LogP) is 5.71. The van der Waals surface area contributed by atoms with Gasteiger partial charge < -0.3 is 15.0 Å². The zero-order valence-corrected chi connectivity index (χ0v) is 17.5. The summed E-state index contributed by atoms with van der Waals surface area (Å²) in [6, 6.07) is 20.2. The van der Waals surface area contributed by atoms with Crippen LogP contribution in [-0.2, 0) is 6.54 Å². The van der Waals surface area contributed by atoms with E-state index in [4.69, 9.17) is 4.74 Å². The van der Waals surface area contributed by atoms with Crippen LogP contribution in [0.1, 0.15) is 21.6 Å². The largest absolute Gasteiger partial charge is 0.497 e. The van der Waals surface area contributed by atoms with E-state index in [0.717, 1.165) is 20.7 Å². The quantitative estimate of drug-likeness (QED) is 0.420. The van der Waals surface area contributed by atoms with Crippen LogP contribution in [0.15, 0.2) is 76.5 Å². The van der Waals surface area contributed by atoms with Gasteiger partial charge in [-0.2, -0.15) is 0 Å². The van der Waals surface area contributed by atoms with E-state index in [1.54, 1.807) is 25.3 Å². The summed E-state index contributed by atoms with van der Waals surface area (Å²) in [5, 5.41) is 3.75. The molecule has 0 bridgehead atoms. The van der Waals surface area contributed by atoms with Crippen LogP contribution in [0.5, 0.6) is 5.75 Å². The number of ether oxygens (including phenoxy) is 1. The lowest BCUT2D eigenvalue weighted by atomic mass is 10.2. The van der Waals surface area contributed by atoms with Crippen molar-refractivity contribution in [2.24, 2.45) is 0 Å². The molecule has 1 aromatic heterocycles. The number of hydrogen-bond donors (Lipinski definition) is 2. The zero-order valence-electron chi connectivity index (χ0n) is 16.7. The molecule has 0 saturated carbocycles. The number of carbonyl (C=O) groups is 1. The third-order valence-corrected chi connectivity index (χ3v) is 5.96. The van der Waals surface area contributed by atoms with Gasteiger partial charge in [-0.05, 0) is 37.3 Å². The van der Waals surface area contributed by atoms with Gasteiger partial charge in [0, 0.05) is 28.5 Å². The van der Waals surface area contributed by atoms with Crippen molar-refractivity contribution in [1.29, 1.82) is 0 Å². The molecule has 6 heteroatoms. The van der Waals surface area contributed by atoms with Crippen molar-refractivity contribution in [1.82, 2.24) is 10.3 Å². The molecule has 0 radical (unpaired) electrons. The first-order valence-corrected chi connectivity index (χ1v) is 10.3. The molecule has 4 aromatic rings. The van der Waals surface area contributed by atoms with Crippen molar-refractivity contribution in [2.45, 2.75) is 23.3 Å². The van der Waals surface area contributed by atoms with Crippen molar-refractivity contribution in [2.75, 3.05) is 7.11 Å². The molecule has 3 aromatic carbocycles. The van der Waals surface area contributed by atoms with Crippen LogP contribution >= 0.6 is 11.8 Å². The molecule has 1 heterocycles. The second kappa shape index (κ2) is 8.63. The highest BCUT2D eigenvalue weighted by molar-refractivity contribution is 7.99. The molecule has 0 aliphatic heterocycles. The summed E-state index contributed by atoms with van der Waals surface area (Å²) >= 11 is 1.52. The number of hydrogen-bond acceptors (Lipinski definition) is 3. The highest BCUT2D eigenvalue weighted by atomic mass is 32.2. The number of benzene rings is 3. The molecule has 0 atom stereocenters. The zero-order chi connectivity index (χ0) is 21.1. The summed E-state index contributed by atoms with van der Waals surface area (Å²) in [5.41, 5.74) is 2.86. The monoisotopic (exact) mass is 420 g/mol. The van der Waals surface area contributed by atoms with Crippen molar-refractivity contribution >= 4 is 28.6 Å². The first-order chi connectivity index (χ1) is 14.5. The standard InChI is InChI=1S/C24H21FN2O2S/c1-15-7-10-18(11-8-15)30-23-19-12-9-17(29-2)13-21(19)27-22(23)24(28)26-14-16-5-3-4-6-20(16)25/h3-13,27H,14H2,1-2H3,(H,26,28). The number of H-pyrrole nitrogens is 1. The normalized spacial score (nSPS) is 10.9. The number of halogens is 1. The smallest absolute Gasteiger partial charge is 0.269 e. The Labute approximate surface area is 178 Å². The van der Waals surface area contributed by atoms with Gasteiger partial charge in [-0.25, -0.2) is 4.39 Å². The number of nitrogens with one attached hydrogen (secondary N) is 2. The van der Waals surface area contributed by atoms with Crippen molar-refractivity contribution in [3.05, 3.63) is 89.4 Å². The van der Waals surface area contributed by atoms with E-state index in [2.05, 4.69) is 10.3 Å². The summed E-state index contributed by atoms with van der Waals surface area (Å²) in [4.78, 5) is 18.1. The van der Waals surface area contributed by atoms with E-state index >= 15 is 0 Å². The number of methoxy groups -OCH3 is 1. The Balaban J connectivity index is 1.68. The van der Waals surface area contributed by atoms with Gasteiger partial charge in [0.2, 0.25) is 0 Å². The first-order valence-electron chi connectivity index (χ1n) is 9.51. The van der Waals surface area contributed by atoms with Gasteiger partial charge in [-0.3, -0.25) is 4.79 Å². The Morgan fingerprint density at radius 2 is 1.87 bits per heavy atom. The maximum Gasteiger partial charge on any atom is 0.269 e. The summed E-state index contributed by atoms with van der Waals surface area (Å²) in [5.74, 6) is 0.0745.